The van der Waals surface area contributed by atoms with Gasteiger partial charge in [0, 0.05) is 5.56 Å². The molecule has 2 heterocycles. The van der Waals surface area contributed by atoms with Crippen LogP contribution in [-0.2, 0) is 10.0 Å². The summed E-state index contributed by atoms with van der Waals surface area (Å²) < 4.78 is 27.6. The van der Waals surface area contributed by atoms with Crippen molar-refractivity contribution in [1.82, 2.24) is 19.3 Å². The van der Waals surface area contributed by atoms with Crippen molar-refractivity contribution in [2.45, 2.75) is 4.90 Å². The maximum atomic E-state index is 12.4. The van der Waals surface area contributed by atoms with Crippen LogP contribution in [0.15, 0.2) is 78.1 Å². The Bertz CT molecular complexity index is 1280. The third-order valence-corrected chi connectivity index (χ3v) is 5.83. The zero-order valence-electron chi connectivity index (χ0n) is 15.4. The predicted molar refractivity (Wildman–Crippen MR) is 110 cm³/mol. The Labute approximate surface area is 167 Å². The van der Waals surface area contributed by atoms with Crippen molar-refractivity contribution >= 4 is 32.7 Å². The monoisotopic (exact) mass is 407 g/mol. The second-order valence-corrected chi connectivity index (χ2v) is 8.08. The van der Waals surface area contributed by atoms with Gasteiger partial charge in [0.25, 0.3) is 5.91 Å². The first kappa shape index (κ1) is 18.8. The number of aromatic nitrogens is 3. The average Bonchev–Trinajstić information content (AvgIpc) is 3.18. The zero-order valence-corrected chi connectivity index (χ0v) is 16.2. The Morgan fingerprint density at radius 2 is 1.72 bits per heavy atom. The Balaban J connectivity index is 1.51. The maximum Gasteiger partial charge on any atom is 0.255 e. The molecule has 0 radical (unpaired) electrons. The van der Waals surface area contributed by atoms with Crippen LogP contribution in [0.2, 0.25) is 0 Å². The van der Waals surface area contributed by atoms with E-state index in [4.69, 9.17) is 0 Å². The number of fused-ring (bicyclic) bond motifs is 1. The molecule has 0 atom stereocenters. The van der Waals surface area contributed by atoms with Crippen LogP contribution in [0.1, 0.15) is 10.4 Å². The molecular formula is C20H17N5O3S. The maximum absolute atomic E-state index is 12.4. The highest BCUT2D eigenvalue weighted by molar-refractivity contribution is 7.89. The molecule has 0 fully saturated rings. The molecule has 0 aliphatic carbocycles. The fourth-order valence-corrected chi connectivity index (χ4v) is 3.58. The van der Waals surface area contributed by atoms with Crippen molar-refractivity contribution in [1.29, 1.82) is 0 Å². The molecule has 0 bridgehead atoms. The number of nitrogens with one attached hydrogen (secondary N) is 2. The molecule has 4 aromatic rings. The molecule has 1 amide bonds. The summed E-state index contributed by atoms with van der Waals surface area (Å²) in [6.45, 7) is 0. The number of hydrogen-bond acceptors (Lipinski definition) is 5. The van der Waals surface area contributed by atoms with Gasteiger partial charge < -0.3 is 5.32 Å². The van der Waals surface area contributed by atoms with Crippen LogP contribution >= 0.6 is 0 Å². The number of nitrogens with zero attached hydrogens (tertiary/aromatic N) is 3. The number of imidazole rings is 1. The molecule has 8 nitrogen and oxygen atoms in total. The smallest absolute Gasteiger partial charge is 0.255 e. The number of carbonyl (C=O) groups is 1. The first-order valence-electron chi connectivity index (χ1n) is 8.71. The van der Waals surface area contributed by atoms with E-state index in [2.05, 4.69) is 20.0 Å². The van der Waals surface area contributed by atoms with Crippen molar-refractivity contribution in [3.05, 3.63) is 78.8 Å². The summed E-state index contributed by atoms with van der Waals surface area (Å²) in [5.41, 5.74) is 2.67. The van der Waals surface area contributed by atoms with Crippen molar-refractivity contribution in [3.8, 4) is 5.82 Å². The van der Waals surface area contributed by atoms with Crippen molar-refractivity contribution in [3.63, 3.8) is 0 Å². The summed E-state index contributed by atoms with van der Waals surface area (Å²) in [7, 11) is -2.21. The van der Waals surface area contributed by atoms with Gasteiger partial charge in [-0.2, -0.15) is 0 Å². The van der Waals surface area contributed by atoms with Crippen LogP contribution in [0.5, 0.6) is 0 Å². The molecule has 0 spiro atoms. The predicted octanol–water partition coefficient (Wildman–Crippen LogP) is 2.58. The number of pyridine rings is 1. The molecule has 2 N–H and O–H groups in total. The van der Waals surface area contributed by atoms with Crippen LogP contribution in [0.4, 0.5) is 5.69 Å². The fourth-order valence-electron chi connectivity index (χ4n) is 2.85. The second kappa shape index (κ2) is 7.46. The number of para-hydroxylation sites is 2. The minimum absolute atomic E-state index is 0.0927. The van der Waals surface area contributed by atoms with E-state index in [9.17, 15) is 13.2 Å². The van der Waals surface area contributed by atoms with E-state index in [1.54, 1.807) is 24.7 Å². The Morgan fingerprint density at radius 3 is 2.41 bits per heavy atom. The van der Waals surface area contributed by atoms with Gasteiger partial charge in [0.05, 0.1) is 27.8 Å². The van der Waals surface area contributed by atoms with Gasteiger partial charge >= 0.3 is 0 Å². The molecule has 0 saturated carbocycles. The number of anilines is 1. The SMILES string of the molecule is CNS(=O)(=O)c1ccc(C(=O)Nc2ccc(-n3cnc4ccccc43)nc2)cc1. The van der Waals surface area contributed by atoms with Crippen LogP contribution in [0, 0.1) is 0 Å². The number of benzene rings is 2. The van der Waals surface area contributed by atoms with E-state index in [1.807, 2.05) is 28.8 Å². The zero-order chi connectivity index (χ0) is 20.4. The third-order valence-electron chi connectivity index (χ3n) is 4.40. The number of sulfonamides is 1. The Kier molecular flexibility index (Phi) is 4.83. The van der Waals surface area contributed by atoms with E-state index < -0.39 is 10.0 Å². The van der Waals surface area contributed by atoms with E-state index in [1.165, 1.54) is 31.3 Å². The standard InChI is InChI=1S/C20H17N5O3S/c1-21-29(27,28)16-9-6-14(7-10-16)20(26)24-15-8-11-19(22-12-15)25-13-23-17-4-2-3-5-18(17)25/h2-13,21H,1H3,(H,24,26). The van der Waals surface area contributed by atoms with Crippen LogP contribution in [0.25, 0.3) is 16.9 Å². The first-order valence-corrected chi connectivity index (χ1v) is 10.2. The van der Waals surface area contributed by atoms with E-state index in [0.29, 0.717) is 17.1 Å². The van der Waals surface area contributed by atoms with Crippen LogP contribution < -0.4 is 10.0 Å². The Hall–Kier alpha value is -3.56. The molecule has 4 rings (SSSR count). The van der Waals surface area contributed by atoms with Gasteiger partial charge in [-0.1, -0.05) is 12.1 Å². The van der Waals surface area contributed by atoms with Crippen molar-refractivity contribution in [2.24, 2.45) is 0 Å². The summed E-state index contributed by atoms with van der Waals surface area (Å²) in [5.74, 6) is 0.319. The van der Waals surface area contributed by atoms with Gasteiger partial charge in [-0.05, 0) is 55.6 Å². The number of carbonyl (C=O) groups excluding carboxylic acids is 1. The lowest BCUT2D eigenvalue weighted by molar-refractivity contribution is 0.102. The quantitative estimate of drug-likeness (QED) is 0.529. The molecule has 29 heavy (non-hydrogen) atoms. The number of hydrogen-bond donors (Lipinski definition) is 2. The largest absolute Gasteiger partial charge is 0.321 e. The molecule has 146 valence electrons. The fraction of sp³-hybridized carbons (Fsp3) is 0.0500. The molecule has 2 aromatic heterocycles. The summed E-state index contributed by atoms with van der Waals surface area (Å²) in [4.78, 5) is 21.2. The third kappa shape index (κ3) is 3.73. The van der Waals surface area contributed by atoms with Gasteiger partial charge in [0.1, 0.15) is 12.1 Å². The normalized spacial score (nSPS) is 11.5. The highest BCUT2D eigenvalue weighted by atomic mass is 32.2. The van der Waals surface area contributed by atoms with Gasteiger partial charge in [-0.3, -0.25) is 9.36 Å². The van der Waals surface area contributed by atoms with E-state index in [-0.39, 0.29) is 10.8 Å². The lowest BCUT2D eigenvalue weighted by atomic mass is 10.2. The van der Waals surface area contributed by atoms with Crippen molar-refractivity contribution < 1.29 is 13.2 Å². The Morgan fingerprint density at radius 1 is 0.966 bits per heavy atom. The first-order chi connectivity index (χ1) is 14.0. The highest BCUT2D eigenvalue weighted by Crippen LogP contribution is 2.18. The molecule has 0 aliphatic rings. The van der Waals surface area contributed by atoms with Gasteiger partial charge in [-0.15, -0.1) is 0 Å². The topological polar surface area (TPSA) is 106 Å². The van der Waals surface area contributed by atoms with E-state index >= 15 is 0 Å². The number of amides is 1. The summed E-state index contributed by atoms with van der Waals surface area (Å²) in [5, 5.41) is 2.75. The molecule has 0 unspecified atom stereocenters. The molecule has 0 saturated heterocycles. The average molecular weight is 407 g/mol. The molecule has 2 aromatic carbocycles. The van der Waals surface area contributed by atoms with Gasteiger partial charge in [0.15, 0.2) is 0 Å². The van der Waals surface area contributed by atoms with Gasteiger partial charge in [0.2, 0.25) is 10.0 Å². The van der Waals surface area contributed by atoms with Crippen molar-refractivity contribution in [2.75, 3.05) is 12.4 Å². The number of rotatable bonds is 5. The summed E-state index contributed by atoms with van der Waals surface area (Å²) >= 11 is 0. The minimum Gasteiger partial charge on any atom is -0.321 e. The van der Waals surface area contributed by atoms with E-state index in [0.717, 1.165) is 11.0 Å². The lowest BCUT2D eigenvalue weighted by Gasteiger charge is -2.08. The second-order valence-electron chi connectivity index (χ2n) is 6.19. The van der Waals surface area contributed by atoms with Gasteiger partial charge in [-0.25, -0.2) is 23.1 Å². The molecular weight excluding hydrogens is 390 g/mol. The molecule has 9 heteroatoms. The lowest BCUT2D eigenvalue weighted by Crippen LogP contribution is -2.19. The van der Waals surface area contributed by atoms with Crippen LogP contribution in [-0.4, -0.2) is 35.9 Å². The summed E-state index contributed by atoms with van der Waals surface area (Å²) in [6.07, 6.45) is 3.26. The summed E-state index contributed by atoms with van der Waals surface area (Å²) in [6, 6.07) is 16.9. The van der Waals surface area contributed by atoms with Crippen LogP contribution in [0.3, 0.4) is 0 Å². The minimum atomic E-state index is -3.54. The molecule has 0 aliphatic heterocycles. The highest BCUT2D eigenvalue weighted by Gasteiger charge is 2.13.